The van der Waals surface area contributed by atoms with Gasteiger partial charge < -0.3 is 14.9 Å². The van der Waals surface area contributed by atoms with Gasteiger partial charge in [-0.25, -0.2) is 0 Å². The van der Waals surface area contributed by atoms with Crippen LogP contribution in [0.2, 0.25) is 0 Å². The van der Waals surface area contributed by atoms with Crippen molar-refractivity contribution >= 4 is 11.8 Å². The summed E-state index contributed by atoms with van der Waals surface area (Å²) in [7, 11) is 3.20. The number of hydrogen-bond acceptors (Lipinski definition) is 3. The third-order valence-electron chi connectivity index (χ3n) is 2.95. The second-order valence-electron chi connectivity index (χ2n) is 4.20. The molecule has 0 radical (unpaired) electrons. The number of phenolic OH excluding ortho intramolecular Hbond substituents is 1. The maximum Gasteiger partial charge on any atom is 0.250 e. The SMILES string of the molecule is CN1CC(=O)N(C)C(c2cccc(O)c2)C1=O. The predicted octanol–water partition coefficient (Wildman–Crippen LogP) is 0.364. The number of carbonyl (C=O) groups is 2. The third-order valence-corrected chi connectivity index (χ3v) is 2.95. The number of rotatable bonds is 1. The van der Waals surface area contributed by atoms with Crippen LogP contribution >= 0.6 is 0 Å². The Hall–Kier alpha value is -2.04. The normalized spacial score (nSPS) is 20.9. The zero-order valence-electron chi connectivity index (χ0n) is 9.75. The van der Waals surface area contributed by atoms with Crippen LogP contribution < -0.4 is 0 Å². The lowest BCUT2D eigenvalue weighted by molar-refractivity contribution is -0.153. The van der Waals surface area contributed by atoms with E-state index in [9.17, 15) is 14.7 Å². The van der Waals surface area contributed by atoms with Crippen molar-refractivity contribution in [2.45, 2.75) is 6.04 Å². The highest BCUT2D eigenvalue weighted by atomic mass is 16.3. The summed E-state index contributed by atoms with van der Waals surface area (Å²) in [6.07, 6.45) is 0. The van der Waals surface area contributed by atoms with Crippen molar-refractivity contribution in [1.29, 1.82) is 0 Å². The van der Waals surface area contributed by atoms with Gasteiger partial charge in [0.05, 0.1) is 6.54 Å². The standard InChI is InChI=1S/C12H14N2O3/c1-13-7-10(16)14(2)11(12(13)17)8-4-3-5-9(15)6-8/h3-6,11,15H,7H2,1-2H3. The maximum absolute atomic E-state index is 12.0. The van der Waals surface area contributed by atoms with Crippen LogP contribution in [0.3, 0.4) is 0 Å². The van der Waals surface area contributed by atoms with Gasteiger partial charge in [-0.1, -0.05) is 12.1 Å². The quantitative estimate of drug-likeness (QED) is 0.763. The van der Waals surface area contributed by atoms with Gasteiger partial charge in [0.25, 0.3) is 0 Å². The summed E-state index contributed by atoms with van der Waals surface area (Å²) in [4.78, 5) is 26.5. The second kappa shape index (κ2) is 4.08. The minimum Gasteiger partial charge on any atom is -0.508 e. The lowest BCUT2D eigenvalue weighted by Crippen LogP contribution is -2.52. The molecule has 1 fully saturated rings. The highest BCUT2D eigenvalue weighted by Gasteiger charge is 2.36. The van der Waals surface area contributed by atoms with Crippen molar-refractivity contribution in [2.75, 3.05) is 20.6 Å². The Labute approximate surface area is 99.3 Å². The van der Waals surface area contributed by atoms with Crippen LogP contribution in [0.15, 0.2) is 24.3 Å². The molecule has 1 aliphatic rings. The molecule has 0 bridgehead atoms. The van der Waals surface area contributed by atoms with Gasteiger partial charge in [0.2, 0.25) is 11.8 Å². The zero-order chi connectivity index (χ0) is 12.6. The Kier molecular flexibility index (Phi) is 2.75. The maximum atomic E-state index is 12.0. The molecule has 1 aromatic rings. The Bertz CT molecular complexity index is 473. The summed E-state index contributed by atoms with van der Waals surface area (Å²) in [6, 6.07) is 5.78. The summed E-state index contributed by atoms with van der Waals surface area (Å²) >= 11 is 0. The van der Waals surface area contributed by atoms with Crippen LogP contribution in [0.1, 0.15) is 11.6 Å². The van der Waals surface area contributed by atoms with E-state index < -0.39 is 6.04 Å². The van der Waals surface area contributed by atoms with Gasteiger partial charge in [-0.3, -0.25) is 9.59 Å². The first-order chi connectivity index (χ1) is 8.00. The lowest BCUT2D eigenvalue weighted by atomic mass is 10.0. The summed E-state index contributed by atoms with van der Waals surface area (Å²) in [5, 5.41) is 9.42. The van der Waals surface area contributed by atoms with Gasteiger partial charge in [-0.2, -0.15) is 0 Å². The van der Waals surface area contributed by atoms with E-state index >= 15 is 0 Å². The number of nitrogens with zero attached hydrogens (tertiary/aromatic N) is 2. The smallest absolute Gasteiger partial charge is 0.250 e. The van der Waals surface area contributed by atoms with E-state index in [2.05, 4.69) is 0 Å². The molecule has 0 spiro atoms. The molecule has 1 aliphatic heterocycles. The molecule has 5 heteroatoms. The highest BCUT2D eigenvalue weighted by Crippen LogP contribution is 2.27. The molecule has 1 atom stereocenters. The molecule has 1 aromatic carbocycles. The van der Waals surface area contributed by atoms with E-state index in [-0.39, 0.29) is 24.1 Å². The minimum atomic E-state index is -0.645. The second-order valence-corrected chi connectivity index (χ2v) is 4.20. The lowest BCUT2D eigenvalue weighted by Gasteiger charge is -2.36. The fourth-order valence-electron chi connectivity index (χ4n) is 1.97. The number of hydrogen-bond donors (Lipinski definition) is 1. The van der Waals surface area contributed by atoms with E-state index in [0.717, 1.165) is 0 Å². The molecule has 2 amide bonds. The first-order valence-electron chi connectivity index (χ1n) is 5.30. The van der Waals surface area contributed by atoms with Crippen LogP contribution in [0.4, 0.5) is 0 Å². The third kappa shape index (κ3) is 1.95. The molecule has 0 aromatic heterocycles. The molecule has 0 aliphatic carbocycles. The number of carbonyl (C=O) groups excluding carboxylic acids is 2. The van der Waals surface area contributed by atoms with Crippen molar-refractivity contribution in [3.8, 4) is 5.75 Å². The van der Waals surface area contributed by atoms with Crippen molar-refractivity contribution in [3.05, 3.63) is 29.8 Å². The summed E-state index contributed by atoms with van der Waals surface area (Å²) in [5.74, 6) is -0.164. The number of likely N-dealkylation sites (N-methyl/N-ethyl adjacent to an activating group) is 2. The molecule has 0 saturated carbocycles. The fourth-order valence-corrected chi connectivity index (χ4v) is 1.97. The van der Waals surface area contributed by atoms with Crippen molar-refractivity contribution in [1.82, 2.24) is 9.80 Å². The van der Waals surface area contributed by atoms with Gasteiger partial charge in [-0.05, 0) is 17.7 Å². The Balaban J connectivity index is 2.41. The number of piperazine rings is 1. The van der Waals surface area contributed by atoms with E-state index in [1.165, 1.54) is 21.9 Å². The molecule has 1 saturated heterocycles. The van der Waals surface area contributed by atoms with Gasteiger partial charge >= 0.3 is 0 Å². The first-order valence-corrected chi connectivity index (χ1v) is 5.30. The van der Waals surface area contributed by atoms with Gasteiger partial charge in [0.15, 0.2) is 0 Å². The largest absolute Gasteiger partial charge is 0.508 e. The molecule has 2 rings (SSSR count). The van der Waals surface area contributed by atoms with Crippen LogP contribution in [0, 0.1) is 0 Å². The van der Waals surface area contributed by atoms with Gasteiger partial charge in [0, 0.05) is 14.1 Å². The van der Waals surface area contributed by atoms with Crippen molar-refractivity contribution in [3.63, 3.8) is 0 Å². The number of benzene rings is 1. The molecular weight excluding hydrogens is 220 g/mol. The number of amides is 2. The average Bonchev–Trinajstić information content (AvgIpc) is 2.27. The van der Waals surface area contributed by atoms with Gasteiger partial charge in [-0.15, -0.1) is 0 Å². The van der Waals surface area contributed by atoms with E-state index in [0.29, 0.717) is 5.56 Å². The summed E-state index contributed by atoms with van der Waals surface area (Å²) < 4.78 is 0. The molecular formula is C12H14N2O3. The molecule has 1 unspecified atom stereocenters. The fraction of sp³-hybridized carbons (Fsp3) is 0.333. The first kappa shape index (κ1) is 11.4. The highest BCUT2D eigenvalue weighted by molar-refractivity contribution is 5.95. The van der Waals surface area contributed by atoms with E-state index in [1.807, 2.05) is 0 Å². The van der Waals surface area contributed by atoms with E-state index in [1.54, 1.807) is 26.2 Å². The summed E-state index contributed by atoms with van der Waals surface area (Å²) in [5.41, 5.74) is 0.623. The molecule has 1 N–H and O–H groups in total. The van der Waals surface area contributed by atoms with Crippen LogP contribution in [0.5, 0.6) is 5.75 Å². The number of aromatic hydroxyl groups is 1. The number of phenols is 1. The van der Waals surface area contributed by atoms with Crippen molar-refractivity contribution < 1.29 is 14.7 Å². The Morgan fingerprint density at radius 1 is 1.29 bits per heavy atom. The monoisotopic (exact) mass is 234 g/mol. The Morgan fingerprint density at radius 2 is 2.00 bits per heavy atom. The summed E-state index contributed by atoms with van der Waals surface area (Å²) in [6.45, 7) is 0.102. The van der Waals surface area contributed by atoms with Crippen molar-refractivity contribution in [2.24, 2.45) is 0 Å². The average molecular weight is 234 g/mol. The zero-order valence-corrected chi connectivity index (χ0v) is 9.75. The Morgan fingerprint density at radius 3 is 2.65 bits per heavy atom. The van der Waals surface area contributed by atoms with Gasteiger partial charge in [0.1, 0.15) is 11.8 Å². The molecule has 5 nitrogen and oxygen atoms in total. The molecule has 17 heavy (non-hydrogen) atoms. The van der Waals surface area contributed by atoms with Crippen LogP contribution in [0.25, 0.3) is 0 Å². The molecule has 90 valence electrons. The van der Waals surface area contributed by atoms with Crippen LogP contribution in [-0.4, -0.2) is 47.4 Å². The van der Waals surface area contributed by atoms with E-state index in [4.69, 9.17) is 0 Å². The minimum absolute atomic E-state index is 0.0874. The molecule has 1 heterocycles. The topological polar surface area (TPSA) is 60.9 Å². The van der Waals surface area contributed by atoms with Crippen LogP contribution in [-0.2, 0) is 9.59 Å². The predicted molar refractivity (Wildman–Crippen MR) is 61.3 cm³/mol.